The van der Waals surface area contributed by atoms with Crippen LogP contribution in [-0.2, 0) is 6.42 Å². The highest BCUT2D eigenvalue weighted by molar-refractivity contribution is 5.93. The summed E-state index contributed by atoms with van der Waals surface area (Å²) in [6.07, 6.45) is 4.91. The molecule has 1 heterocycles. The van der Waals surface area contributed by atoms with Gasteiger partial charge >= 0.3 is 0 Å². The van der Waals surface area contributed by atoms with Crippen molar-refractivity contribution in [2.75, 3.05) is 26.5 Å². The minimum Gasteiger partial charge on any atom is -0.497 e. The SMILES string of the molecule is COc1ccc2c(c1)CCCC2Nc1ccc(C(=O)N(C)C)cn1. The number of hydrogen-bond donors (Lipinski definition) is 1. The Labute approximate surface area is 142 Å². The Bertz CT molecular complexity index is 726. The number of anilines is 1. The molecule has 0 spiro atoms. The van der Waals surface area contributed by atoms with E-state index in [1.54, 1.807) is 32.3 Å². The molecule has 0 radical (unpaired) electrons. The maximum Gasteiger partial charge on any atom is 0.254 e. The van der Waals surface area contributed by atoms with Crippen molar-refractivity contribution in [3.8, 4) is 5.75 Å². The molecule has 1 aromatic carbocycles. The fourth-order valence-electron chi connectivity index (χ4n) is 3.11. The Morgan fingerprint density at radius 2 is 2.12 bits per heavy atom. The topological polar surface area (TPSA) is 54.5 Å². The van der Waals surface area contributed by atoms with Gasteiger partial charge in [-0.25, -0.2) is 4.98 Å². The Kier molecular flexibility index (Phi) is 4.69. The molecule has 0 saturated carbocycles. The summed E-state index contributed by atoms with van der Waals surface area (Å²) in [6.45, 7) is 0. The first kappa shape index (κ1) is 16.3. The van der Waals surface area contributed by atoms with E-state index in [-0.39, 0.29) is 11.9 Å². The molecule has 1 atom stereocenters. The van der Waals surface area contributed by atoms with Crippen LogP contribution in [0.1, 0.15) is 40.4 Å². The number of benzene rings is 1. The largest absolute Gasteiger partial charge is 0.497 e. The van der Waals surface area contributed by atoms with Crippen LogP contribution in [-0.4, -0.2) is 37.0 Å². The molecule has 5 heteroatoms. The van der Waals surface area contributed by atoms with E-state index >= 15 is 0 Å². The van der Waals surface area contributed by atoms with Crippen LogP contribution < -0.4 is 10.1 Å². The van der Waals surface area contributed by atoms with E-state index in [2.05, 4.69) is 22.4 Å². The highest BCUT2D eigenvalue weighted by atomic mass is 16.5. The number of methoxy groups -OCH3 is 1. The van der Waals surface area contributed by atoms with E-state index in [1.807, 2.05) is 18.2 Å². The first-order valence-corrected chi connectivity index (χ1v) is 8.19. The molecule has 3 rings (SSSR count). The lowest BCUT2D eigenvalue weighted by atomic mass is 9.87. The van der Waals surface area contributed by atoms with Gasteiger partial charge in [-0.2, -0.15) is 0 Å². The molecule has 1 N–H and O–H groups in total. The van der Waals surface area contributed by atoms with Crippen molar-refractivity contribution in [2.24, 2.45) is 0 Å². The van der Waals surface area contributed by atoms with Gasteiger partial charge in [0.05, 0.1) is 18.7 Å². The van der Waals surface area contributed by atoms with Gasteiger partial charge in [-0.05, 0) is 54.7 Å². The first-order valence-electron chi connectivity index (χ1n) is 8.19. The molecule has 0 aliphatic heterocycles. The quantitative estimate of drug-likeness (QED) is 0.937. The second-order valence-corrected chi connectivity index (χ2v) is 6.29. The van der Waals surface area contributed by atoms with Gasteiger partial charge in [-0.1, -0.05) is 6.07 Å². The summed E-state index contributed by atoms with van der Waals surface area (Å²) in [6, 6.07) is 10.2. The predicted molar refractivity (Wildman–Crippen MR) is 94.6 cm³/mol. The number of fused-ring (bicyclic) bond motifs is 1. The third-order valence-corrected chi connectivity index (χ3v) is 4.40. The second-order valence-electron chi connectivity index (χ2n) is 6.29. The van der Waals surface area contributed by atoms with E-state index in [1.165, 1.54) is 11.1 Å². The number of aromatic nitrogens is 1. The third-order valence-electron chi connectivity index (χ3n) is 4.40. The lowest BCUT2D eigenvalue weighted by Gasteiger charge is -2.27. The minimum absolute atomic E-state index is 0.0378. The van der Waals surface area contributed by atoms with Crippen LogP contribution >= 0.6 is 0 Å². The normalized spacial score (nSPS) is 16.2. The highest BCUT2D eigenvalue weighted by Gasteiger charge is 2.21. The van der Waals surface area contributed by atoms with Crippen LogP contribution in [0.2, 0.25) is 0 Å². The van der Waals surface area contributed by atoms with Gasteiger partial charge in [0, 0.05) is 20.3 Å². The van der Waals surface area contributed by atoms with Crippen LogP contribution in [0.5, 0.6) is 5.75 Å². The van der Waals surface area contributed by atoms with Crippen LogP contribution in [0.25, 0.3) is 0 Å². The van der Waals surface area contributed by atoms with E-state index in [0.29, 0.717) is 5.56 Å². The average Bonchev–Trinajstić information content (AvgIpc) is 2.61. The highest BCUT2D eigenvalue weighted by Crippen LogP contribution is 2.34. The van der Waals surface area contributed by atoms with Crippen molar-refractivity contribution in [2.45, 2.75) is 25.3 Å². The molecular formula is C19H23N3O2. The van der Waals surface area contributed by atoms with Crippen molar-refractivity contribution in [1.82, 2.24) is 9.88 Å². The number of pyridine rings is 1. The Balaban J connectivity index is 1.77. The molecule has 1 aliphatic carbocycles. The van der Waals surface area contributed by atoms with Gasteiger partial charge in [0.2, 0.25) is 0 Å². The van der Waals surface area contributed by atoms with Crippen molar-refractivity contribution in [3.63, 3.8) is 0 Å². The van der Waals surface area contributed by atoms with Gasteiger partial charge < -0.3 is 15.0 Å². The molecule has 5 nitrogen and oxygen atoms in total. The standard InChI is InChI=1S/C19H23N3O2/c1-22(2)19(23)14-7-10-18(20-12-14)21-17-6-4-5-13-11-15(24-3)8-9-16(13)17/h7-12,17H,4-6H2,1-3H3,(H,20,21). The van der Waals surface area contributed by atoms with E-state index in [0.717, 1.165) is 30.8 Å². The van der Waals surface area contributed by atoms with E-state index < -0.39 is 0 Å². The molecule has 1 unspecified atom stereocenters. The molecule has 2 aromatic rings. The summed E-state index contributed by atoms with van der Waals surface area (Å²) < 4.78 is 5.32. The summed E-state index contributed by atoms with van der Waals surface area (Å²) in [5, 5.41) is 3.49. The number of rotatable bonds is 4. The van der Waals surface area contributed by atoms with Crippen molar-refractivity contribution in [3.05, 3.63) is 53.2 Å². The van der Waals surface area contributed by atoms with Gasteiger partial charge in [0.1, 0.15) is 11.6 Å². The van der Waals surface area contributed by atoms with Gasteiger partial charge in [0.15, 0.2) is 0 Å². The second kappa shape index (κ2) is 6.91. The summed E-state index contributed by atoms with van der Waals surface area (Å²) in [4.78, 5) is 17.9. The molecule has 0 fully saturated rings. The van der Waals surface area contributed by atoms with Gasteiger partial charge in [-0.15, -0.1) is 0 Å². The Morgan fingerprint density at radius 1 is 1.29 bits per heavy atom. The Morgan fingerprint density at radius 3 is 2.79 bits per heavy atom. The Hall–Kier alpha value is -2.56. The average molecular weight is 325 g/mol. The summed E-state index contributed by atoms with van der Waals surface area (Å²) in [7, 11) is 5.17. The number of carbonyl (C=O) groups excluding carboxylic acids is 1. The lowest BCUT2D eigenvalue weighted by molar-refractivity contribution is 0.0827. The molecule has 1 aliphatic rings. The number of aryl methyl sites for hydroxylation is 1. The van der Waals surface area contributed by atoms with Gasteiger partial charge in [0.25, 0.3) is 5.91 Å². The fourth-order valence-corrected chi connectivity index (χ4v) is 3.11. The number of ether oxygens (including phenoxy) is 1. The molecular weight excluding hydrogens is 302 g/mol. The van der Waals surface area contributed by atoms with E-state index in [4.69, 9.17) is 4.74 Å². The molecule has 1 amide bonds. The molecule has 126 valence electrons. The summed E-state index contributed by atoms with van der Waals surface area (Å²) >= 11 is 0. The van der Waals surface area contributed by atoms with Crippen LogP contribution in [0.15, 0.2) is 36.5 Å². The zero-order valence-corrected chi connectivity index (χ0v) is 14.4. The fraction of sp³-hybridized carbons (Fsp3) is 0.368. The minimum atomic E-state index is -0.0378. The number of hydrogen-bond acceptors (Lipinski definition) is 4. The number of nitrogens with zero attached hydrogens (tertiary/aromatic N) is 2. The van der Waals surface area contributed by atoms with Crippen molar-refractivity contribution < 1.29 is 9.53 Å². The zero-order valence-electron chi connectivity index (χ0n) is 14.4. The van der Waals surface area contributed by atoms with Crippen molar-refractivity contribution >= 4 is 11.7 Å². The lowest BCUT2D eigenvalue weighted by Crippen LogP contribution is -2.22. The first-order chi connectivity index (χ1) is 11.6. The summed E-state index contributed by atoms with van der Waals surface area (Å²) in [5.41, 5.74) is 3.23. The molecule has 24 heavy (non-hydrogen) atoms. The monoisotopic (exact) mass is 325 g/mol. The molecule has 0 bridgehead atoms. The predicted octanol–water partition coefficient (Wildman–Crippen LogP) is 3.28. The van der Waals surface area contributed by atoms with Crippen LogP contribution in [0.4, 0.5) is 5.82 Å². The maximum atomic E-state index is 11.9. The number of amides is 1. The van der Waals surface area contributed by atoms with Crippen molar-refractivity contribution in [1.29, 1.82) is 0 Å². The number of carbonyl (C=O) groups is 1. The number of nitrogens with one attached hydrogen (secondary N) is 1. The van der Waals surface area contributed by atoms with Gasteiger partial charge in [-0.3, -0.25) is 4.79 Å². The molecule has 1 aromatic heterocycles. The molecule has 0 saturated heterocycles. The maximum absolute atomic E-state index is 11.9. The van der Waals surface area contributed by atoms with Crippen LogP contribution in [0, 0.1) is 0 Å². The van der Waals surface area contributed by atoms with E-state index in [9.17, 15) is 4.79 Å². The van der Waals surface area contributed by atoms with Crippen LogP contribution in [0.3, 0.4) is 0 Å². The third kappa shape index (κ3) is 3.35. The summed E-state index contributed by atoms with van der Waals surface area (Å²) in [5.74, 6) is 1.65. The smallest absolute Gasteiger partial charge is 0.254 e. The zero-order chi connectivity index (χ0) is 17.1.